The molecule has 3 rings (SSSR count). The van der Waals surface area contributed by atoms with Gasteiger partial charge in [-0.1, -0.05) is 106 Å². The number of carbonyl (C=O) groups is 1. The van der Waals surface area contributed by atoms with Gasteiger partial charge in [0.25, 0.3) is 0 Å². The maximum absolute atomic E-state index is 13.4. The van der Waals surface area contributed by atoms with E-state index >= 15 is 0 Å². The molecule has 0 saturated heterocycles. The van der Waals surface area contributed by atoms with E-state index in [1.165, 1.54) is 5.56 Å². The van der Waals surface area contributed by atoms with Crippen LogP contribution in [0.4, 0.5) is 0 Å². The highest BCUT2D eigenvalue weighted by Crippen LogP contribution is 2.28. The summed E-state index contributed by atoms with van der Waals surface area (Å²) >= 11 is 0. The molecule has 0 spiro atoms. The molecule has 3 aromatic carbocycles. The minimum absolute atomic E-state index is 0.0201. The predicted molar refractivity (Wildman–Crippen MR) is 116 cm³/mol. The molecule has 0 bridgehead atoms. The molecular weight excluding hydrogens is 342 g/mol. The molecule has 0 aromatic heterocycles. The van der Waals surface area contributed by atoms with Gasteiger partial charge in [0.2, 0.25) is 5.91 Å². The molecule has 28 heavy (non-hydrogen) atoms. The van der Waals surface area contributed by atoms with E-state index in [1.54, 1.807) is 0 Å². The van der Waals surface area contributed by atoms with E-state index < -0.39 is 0 Å². The normalized spacial score (nSPS) is 12.2. The summed E-state index contributed by atoms with van der Waals surface area (Å²) in [5.74, 6) is 0.0119. The average molecular weight is 372 g/mol. The Morgan fingerprint density at radius 1 is 0.750 bits per heavy atom. The molecule has 0 aliphatic carbocycles. The summed E-state index contributed by atoms with van der Waals surface area (Å²) in [5, 5.41) is 3.33. The standard InChI is InChI=1S/C26H29NO/c1-4-20-15-17-23(18-16-20)25(19(2)3)27-26(28)24(21-11-7-5-8-12-21)22-13-9-6-10-14-22/h5-19,24-25H,4H2,1-3H3,(H,27,28)/t25-/m0/s1. The first kappa shape index (κ1) is 19.9. The molecule has 1 N–H and O–H groups in total. The van der Waals surface area contributed by atoms with Crippen LogP contribution in [0.3, 0.4) is 0 Å². The highest BCUT2D eigenvalue weighted by atomic mass is 16.1. The fraction of sp³-hybridized carbons (Fsp3) is 0.269. The van der Waals surface area contributed by atoms with Gasteiger partial charge >= 0.3 is 0 Å². The maximum Gasteiger partial charge on any atom is 0.232 e. The number of amides is 1. The van der Waals surface area contributed by atoms with Crippen molar-refractivity contribution in [2.75, 3.05) is 0 Å². The fourth-order valence-electron chi connectivity index (χ4n) is 3.62. The maximum atomic E-state index is 13.4. The van der Waals surface area contributed by atoms with Crippen LogP contribution in [0, 0.1) is 5.92 Å². The second kappa shape index (κ2) is 9.36. The first-order valence-corrected chi connectivity index (χ1v) is 10.1. The van der Waals surface area contributed by atoms with Crippen molar-refractivity contribution in [2.45, 2.75) is 39.2 Å². The van der Waals surface area contributed by atoms with Crippen molar-refractivity contribution >= 4 is 5.91 Å². The summed E-state index contributed by atoms with van der Waals surface area (Å²) in [4.78, 5) is 13.4. The molecule has 3 aromatic rings. The number of hydrogen-bond donors (Lipinski definition) is 1. The van der Waals surface area contributed by atoms with E-state index in [2.05, 4.69) is 50.4 Å². The molecule has 0 aliphatic rings. The Kier molecular flexibility index (Phi) is 6.65. The first-order valence-electron chi connectivity index (χ1n) is 10.1. The lowest BCUT2D eigenvalue weighted by atomic mass is 9.88. The highest BCUT2D eigenvalue weighted by Gasteiger charge is 2.26. The average Bonchev–Trinajstić information content (AvgIpc) is 2.74. The third-order valence-corrected chi connectivity index (χ3v) is 5.24. The third-order valence-electron chi connectivity index (χ3n) is 5.24. The summed E-state index contributed by atoms with van der Waals surface area (Å²) in [6, 6.07) is 28.6. The van der Waals surface area contributed by atoms with Crippen molar-refractivity contribution in [1.29, 1.82) is 0 Å². The van der Waals surface area contributed by atoms with Gasteiger partial charge in [0.15, 0.2) is 0 Å². The SMILES string of the molecule is CCc1ccc([C@@H](NC(=O)C(c2ccccc2)c2ccccc2)C(C)C)cc1. The van der Waals surface area contributed by atoms with Crippen molar-refractivity contribution < 1.29 is 4.79 Å². The molecular formula is C26H29NO. The van der Waals surface area contributed by atoms with Crippen LogP contribution in [-0.4, -0.2) is 5.91 Å². The third kappa shape index (κ3) is 4.69. The quantitative estimate of drug-likeness (QED) is 0.551. The second-order valence-electron chi connectivity index (χ2n) is 7.58. The molecule has 1 amide bonds. The predicted octanol–water partition coefficient (Wildman–Crippen LogP) is 5.89. The first-order chi connectivity index (χ1) is 13.6. The molecule has 2 heteroatoms. The number of nitrogens with one attached hydrogen (secondary N) is 1. The van der Waals surface area contributed by atoms with Crippen molar-refractivity contribution in [2.24, 2.45) is 5.92 Å². The van der Waals surface area contributed by atoms with Crippen molar-refractivity contribution in [1.82, 2.24) is 5.32 Å². The lowest BCUT2D eigenvalue weighted by Gasteiger charge is -2.26. The molecule has 0 aliphatic heterocycles. The lowest BCUT2D eigenvalue weighted by Crippen LogP contribution is -2.35. The van der Waals surface area contributed by atoms with E-state index in [1.807, 2.05) is 60.7 Å². The van der Waals surface area contributed by atoms with E-state index in [4.69, 9.17) is 0 Å². The number of carbonyl (C=O) groups excluding carboxylic acids is 1. The smallest absolute Gasteiger partial charge is 0.232 e. The summed E-state index contributed by atoms with van der Waals surface area (Å²) in [5.41, 5.74) is 4.48. The molecule has 2 nitrogen and oxygen atoms in total. The van der Waals surface area contributed by atoms with Gasteiger partial charge < -0.3 is 5.32 Å². The van der Waals surface area contributed by atoms with E-state index in [0.29, 0.717) is 5.92 Å². The van der Waals surface area contributed by atoms with Gasteiger partial charge in [0, 0.05) is 0 Å². The molecule has 0 unspecified atom stereocenters. The fourth-order valence-corrected chi connectivity index (χ4v) is 3.62. The van der Waals surface area contributed by atoms with Crippen LogP contribution in [0.25, 0.3) is 0 Å². The largest absolute Gasteiger partial charge is 0.348 e. The second-order valence-corrected chi connectivity index (χ2v) is 7.58. The summed E-state index contributed by atoms with van der Waals surface area (Å²) in [6.07, 6.45) is 1.02. The van der Waals surface area contributed by atoms with Crippen LogP contribution >= 0.6 is 0 Å². The zero-order valence-corrected chi connectivity index (χ0v) is 16.9. The zero-order chi connectivity index (χ0) is 19.9. The summed E-state index contributed by atoms with van der Waals surface area (Å²) in [6.45, 7) is 6.46. The van der Waals surface area contributed by atoms with Gasteiger partial charge in [-0.15, -0.1) is 0 Å². The Hall–Kier alpha value is -2.87. The summed E-state index contributed by atoms with van der Waals surface area (Å²) in [7, 11) is 0. The summed E-state index contributed by atoms with van der Waals surface area (Å²) < 4.78 is 0. The van der Waals surface area contributed by atoms with Gasteiger partial charge in [-0.05, 0) is 34.6 Å². The Bertz CT molecular complexity index is 830. The molecule has 0 heterocycles. The van der Waals surface area contributed by atoms with E-state index in [0.717, 1.165) is 23.1 Å². The van der Waals surface area contributed by atoms with Crippen LogP contribution in [0.15, 0.2) is 84.9 Å². The molecule has 0 fully saturated rings. The minimum atomic E-state index is -0.321. The number of hydrogen-bond acceptors (Lipinski definition) is 1. The molecule has 0 saturated carbocycles. The van der Waals surface area contributed by atoms with Crippen LogP contribution in [-0.2, 0) is 11.2 Å². The van der Waals surface area contributed by atoms with Crippen LogP contribution in [0.2, 0.25) is 0 Å². The van der Waals surface area contributed by atoms with Gasteiger partial charge in [-0.3, -0.25) is 4.79 Å². The highest BCUT2D eigenvalue weighted by molar-refractivity contribution is 5.87. The molecule has 144 valence electrons. The topological polar surface area (TPSA) is 29.1 Å². The van der Waals surface area contributed by atoms with Crippen LogP contribution in [0.1, 0.15) is 55.0 Å². The number of aryl methyl sites for hydroxylation is 1. The van der Waals surface area contributed by atoms with Crippen LogP contribution in [0.5, 0.6) is 0 Å². The Morgan fingerprint density at radius 2 is 1.25 bits per heavy atom. The van der Waals surface area contributed by atoms with Crippen molar-refractivity contribution in [3.05, 3.63) is 107 Å². The Labute approximate surface area is 168 Å². The molecule has 0 radical (unpaired) electrons. The van der Waals surface area contributed by atoms with Gasteiger partial charge in [0.05, 0.1) is 12.0 Å². The van der Waals surface area contributed by atoms with Crippen molar-refractivity contribution in [3.63, 3.8) is 0 Å². The number of benzene rings is 3. The van der Waals surface area contributed by atoms with Crippen molar-refractivity contribution in [3.8, 4) is 0 Å². The van der Waals surface area contributed by atoms with Gasteiger partial charge in [-0.2, -0.15) is 0 Å². The monoisotopic (exact) mass is 371 g/mol. The Morgan fingerprint density at radius 3 is 1.68 bits per heavy atom. The van der Waals surface area contributed by atoms with Gasteiger partial charge in [-0.25, -0.2) is 0 Å². The van der Waals surface area contributed by atoms with Gasteiger partial charge in [0.1, 0.15) is 0 Å². The zero-order valence-electron chi connectivity index (χ0n) is 16.9. The molecule has 1 atom stereocenters. The number of rotatable bonds is 7. The van der Waals surface area contributed by atoms with Crippen LogP contribution < -0.4 is 5.32 Å². The minimum Gasteiger partial charge on any atom is -0.348 e. The van der Waals surface area contributed by atoms with E-state index in [-0.39, 0.29) is 17.9 Å². The Balaban J connectivity index is 1.91. The van der Waals surface area contributed by atoms with E-state index in [9.17, 15) is 4.79 Å². The lowest BCUT2D eigenvalue weighted by molar-refractivity contribution is -0.122.